The number of carbonyl (C=O) groups is 1. The number of hydrogen-bond acceptors (Lipinski definition) is 5. The maximum Gasteiger partial charge on any atom is 0.256 e. The average molecular weight is 354 g/mol. The number of aryl methyl sites for hydroxylation is 1. The van der Waals surface area contributed by atoms with Crippen molar-refractivity contribution in [2.24, 2.45) is 0 Å². The van der Waals surface area contributed by atoms with Crippen molar-refractivity contribution in [3.05, 3.63) is 41.3 Å². The van der Waals surface area contributed by atoms with Crippen LogP contribution in [0, 0.1) is 6.92 Å². The first kappa shape index (κ1) is 16.7. The first-order valence-corrected chi connectivity index (χ1v) is 8.78. The van der Waals surface area contributed by atoms with Gasteiger partial charge in [0.05, 0.1) is 36.7 Å². The SMILES string of the molecule is Cc1cc(C(=O)N2CCOCC2c2cn(C(C)C)nn2)c2[nH]ncc2c1. The Balaban J connectivity index is 1.71. The third-order valence-corrected chi connectivity index (χ3v) is 4.71. The zero-order valence-corrected chi connectivity index (χ0v) is 15.1. The lowest BCUT2D eigenvalue weighted by Gasteiger charge is -2.34. The van der Waals surface area contributed by atoms with Crippen molar-refractivity contribution in [2.45, 2.75) is 32.9 Å². The first-order chi connectivity index (χ1) is 12.5. The third kappa shape index (κ3) is 2.86. The van der Waals surface area contributed by atoms with Gasteiger partial charge < -0.3 is 9.64 Å². The van der Waals surface area contributed by atoms with Crippen LogP contribution in [0.25, 0.3) is 10.9 Å². The minimum absolute atomic E-state index is 0.0460. The predicted octanol–water partition coefficient (Wildman–Crippen LogP) is 2.26. The number of benzene rings is 1. The highest BCUT2D eigenvalue weighted by Crippen LogP contribution is 2.27. The molecule has 1 aliphatic rings. The summed E-state index contributed by atoms with van der Waals surface area (Å²) in [6.45, 7) is 7.51. The summed E-state index contributed by atoms with van der Waals surface area (Å²) in [4.78, 5) is 15.2. The van der Waals surface area contributed by atoms with Gasteiger partial charge in [0.2, 0.25) is 0 Å². The maximum atomic E-state index is 13.4. The van der Waals surface area contributed by atoms with Gasteiger partial charge >= 0.3 is 0 Å². The molecule has 4 rings (SSSR count). The van der Waals surface area contributed by atoms with Crippen LogP contribution in [0.4, 0.5) is 0 Å². The van der Waals surface area contributed by atoms with E-state index in [1.807, 2.05) is 44.0 Å². The van der Waals surface area contributed by atoms with Gasteiger partial charge in [-0.2, -0.15) is 5.10 Å². The Hall–Kier alpha value is -2.74. The lowest BCUT2D eigenvalue weighted by atomic mass is 10.0. The number of amides is 1. The lowest BCUT2D eigenvalue weighted by molar-refractivity contribution is -0.00384. The Kier molecular flexibility index (Phi) is 4.20. The van der Waals surface area contributed by atoms with Gasteiger partial charge in [-0.05, 0) is 38.5 Å². The third-order valence-electron chi connectivity index (χ3n) is 4.71. The molecule has 1 saturated heterocycles. The summed E-state index contributed by atoms with van der Waals surface area (Å²) in [7, 11) is 0. The van der Waals surface area contributed by atoms with E-state index >= 15 is 0 Å². The van der Waals surface area contributed by atoms with E-state index in [0.29, 0.717) is 25.3 Å². The highest BCUT2D eigenvalue weighted by molar-refractivity contribution is 6.05. The van der Waals surface area contributed by atoms with Gasteiger partial charge in [0.15, 0.2) is 0 Å². The van der Waals surface area contributed by atoms with Gasteiger partial charge in [0.1, 0.15) is 11.7 Å². The van der Waals surface area contributed by atoms with Crippen LogP contribution in [0.1, 0.15) is 47.5 Å². The van der Waals surface area contributed by atoms with Crippen LogP contribution in [-0.4, -0.2) is 55.8 Å². The normalized spacial score (nSPS) is 18.0. The van der Waals surface area contributed by atoms with Crippen LogP contribution < -0.4 is 0 Å². The molecule has 1 atom stereocenters. The van der Waals surface area contributed by atoms with E-state index in [1.54, 1.807) is 10.9 Å². The summed E-state index contributed by atoms with van der Waals surface area (Å²) in [5.74, 6) is -0.0460. The topological polar surface area (TPSA) is 88.9 Å². The van der Waals surface area contributed by atoms with E-state index in [0.717, 1.165) is 22.2 Å². The maximum absolute atomic E-state index is 13.4. The van der Waals surface area contributed by atoms with Gasteiger partial charge in [0.25, 0.3) is 5.91 Å². The number of nitrogens with one attached hydrogen (secondary N) is 1. The molecule has 2 aromatic heterocycles. The van der Waals surface area contributed by atoms with Crippen LogP contribution in [0.2, 0.25) is 0 Å². The van der Waals surface area contributed by atoms with Gasteiger partial charge in [0, 0.05) is 18.0 Å². The molecule has 0 aliphatic carbocycles. The molecule has 0 radical (unpaired) electrons. The molecular weight excluding hydrogens is 332 g/mol. The number of morpholine rings is 1. The molecule has 136 valence electrons. The standard InChI is InChI=1S/C18H22N6O2/c1-11(2)24-9-15(20-22-24)16-10-26-5-4-23(16)18(25)14-7-12(3)6-13-8-19-21-17(13)14/h6-9,11,16H,4-5,10H2,1-3H3,(H,19,21). The van der Waals surface area contributed by atoms with Crippen LogP contribution in [0.3, 0.4) is 0 Å². The monoisotopic (exact) mass is 354 g/mol. The highest BCUT2D eigenvalue weighted by Gasteiger charge is 2.32. The molecule has 8 nitrogen and oxygen atoms in total. The second kappa shape index (κ2) is 6.53. The van der Waals surface area contributed by atoms with E-state index in [9.17, 15) is 4.79 Å². The number of hydrogen-bond donors (Lipinski definition) is 1. The average Bonchev–Trinajstić information content (AvgIpc) is 3.29. The molecule has 3 heterocycles. The van der Waals surface area contributed by atoms with Crippen molar-refractivity contribution in [3.63, 3.8) is 0 Å². The van der Waals surface area contributed by atoms with E-state index in [4.69, 9.17) is 4.74 Å². The number of aromatic amines is 1. The van der Waals surface area contributed by atoms with Gasteiger partial charge in [-0.1, -0.05) is 5.21 Å². The molecule has 8 heteroatoms. The molecule has 1 aliphatic heterocycles. The van der Waals surface area contributed by atoms with Crippen molar-refractivity contribution in [1.29, 1.82) is 0 Å². The molecular formula is C18H22N6O2. The number of ether oxygens (including phenoxy) is 1. The molecule has 1 fully saturated rings. The zero-order chi connectivity index (χ0) is 18.3. The fraction of sp³-hybridized carbons (Fsp3) is 0.444. The number of rotatable bonds is 3. The molecule has 0 bridgehead atoms. The number of fused-ring (bicyclic) bond motifs is 1. The Morgan fingerprint density at radius 3 is 3.00 bits per heavy atom. The summed E-state index contributed by atoms with van der Waals surface area (Å²) >= 11 is 0. The summed E-state index contributed by atoms with van der Waals surface area (Å²) in [6.07, 6.45) is 3.64. The van der Waals surface area contributed by atoms with Crippen molar-refractivity contribution < 1.29 is 9.53 Å². The van der Waals surface area contributed by atoms with E-state index < -0.39 is 0 Å². The molecule has 1 aromatic carbocycles. The van der Waals surface area contributed by atoms with E-state index in [1.165, 1.54) is 0 Å². The Morgan fingerprint density at radius 1 is 1.38 bits per heavy atom. The number of H-pyrrole nitrogens is 1. The minimum atomic E-state index is -0.248. The fourth-order valence-electron chi connectivity index (χ4n) is 3.32. The molecule has 0 spiro atoms. The molecule has 1 amide bonds. The lowest BCUT2D eigenvalue weighted by Crippen LogP contribution is -2.43. The molecule has 0 saturated carbocycles. The van der Waals surface area contributed by atoms with Crippen LogP contribution in [0.15, 0.2) is 24.5 Å². The van der Waals surface area contributed by atoms with Crippen LogP contribution in [0.5, 0.6) is 0 Å². The van der Waals surface area contributed by atoms with Gasteiger partial charge in [-0.15, -0.1) is 5.10 Å². The summed E-state index contributed by atoms with van der Waals surface area (Å²) in [5, 5.41) is 16.4. The second-order valence-electron chi connectivity index (χ2n) is 6.95. The smallest absolute Gasteiger partial charge is 0.256 e. The van der Waals surface area contributed by atoms with Crippen molar-refractivity contribution >= 4 is 16.8 Å². The Labute approximate surface area is 151 Å². The molecule has 26 heavy (non-hydrogen) atoms. The van der Waals surface area contributed by atoms with Gasteiger partial charge in [-0.25, -0.2) is 4.68 Å². The fourth-order valence-corrected chi connectivity index (χ4v) is 3.32. The Bertz CT molecular complexity index is 944. The van der Waals surface area contributed by atoms with E-state index in [-0.39, 0.29) is 18.0 Å². The molecule has 1 N–H and O–H groups in total. The zero-order valence-electron chi connectivity index (χ0n) is 15.1. The highest BCUT2D eigenvalue weighted by atomic mass is 16.5. The summed E-state index contributed by atoms with van der Waals surface area (Å²) in [6, 6.07) is 3.88. The summed E-state index contributed by atoms with van der Waals surface area (Å²) < 4.78 is 7.43. The predicted molar refractivity (Wildman–Crippen MR) is 95.8 cm³/mol. The molecule has 3 aromatic rings. The van der Waals surface area contributed by atoms with Crippen molar-refractivity contribution in [1.82, 2.24) is 30.1 Å². The first-order valence-electron chi connectivity index (χ1n) is 8.78. The van der Waals surface area contributed by atoms with Crippen molar-refractivity contribution in [3.8, 4) is 0 Å². The second-order valence-corrected chi connectivity index (χ2v) is 6.95. The number of carbonyl (C=O) groups excluding carboxylic acids is 1. The van der Waals surface area contributed by atoms with Crippen LogP contribution in [-0.2, 0) is 4.74 Å². The van der Waals surface area contributed by atoms with Crippen LogP contribution >= 0.6 is 0 Å². The quantitative estimate of drug-likeness (QED) is 0.779. The Morgan fingerprint density at radius 2 is 2.23 bits per heavy atom. The largest absolute Gasteiger partial charge is 0.377 e. The minimum Gasteiger partial charge on any atom is -0.377 e. The van der Waals surface area contributed by atoms with E-state index in [2.05, 4.69) is 20.5 Å². The number of nitrogens with zero attached hydrogens (tertiary/aromatic N) is 5. The summed E-state index contributed by atoms with van der Waals surface area (Å²) in [5.41, 5.74) is 3.16. The molecule has 1 unspecified atom stereocenters. The number of aromatic nitrogens is 5. The van der Waals surface area contributed by atoms with Crippen molar-refractivity contribution in [2.75, 3.05) is 19.8 Å². The van der Waals surface area contributed by atoms with Gasteiger partial charge in [-0.3, -0.25) is 9.89 Å².